The Labute approximate surface area is 171 Å². The third kappa shape index (κ3) is 4.15. The van der Waals surface area contributed by atoms with Crippen LogP contribution in [0.25, 0.3) is 11.5 Å². The van der Waals surface area contributed by atoms with E-state index in [0.29, 0.717) is 23.9 Å². The lowest BCUT2D eigenvalue weighted by Gasteiger charge is -2.30. The molecule has 1 saturated heterocycles. The molecule has 0 saturated carbocycles. The molecule has 0 amide bonds. The third-order valence-electron chi connectivity index (χ3n) is 5.04. The van der Waals surface area contributed by atoms with E-state index in [9.17, 15) is 9.90 Å². The number of nitrogens with zero attached hydrogens (tertiary/aromatic N) is 3. The van der Waals surface area contributed by atoms with E-state index in [4.69, 9.17) is 4.42 Å². The van der Waals surface area contributed by atoms with Gasteiger partial charge in [-0.05, 0) is 78.3 Å². The topological polar surface area (TPSA) is 79.5 Å². The number of aromatic nitrogens is 2. The third-order valence-corrected chi connectivity index (χ3v) is 5.73. The van der Waals surface area contributed by atoms with Crippen molar-refractivity contribution in [3.05, 3.63) is 64.5 Å². The molecule has 0 atom stereocenters. The molecule has 4 rings (SSSR count). The Bertz CT molecular complexity index is 963. The number of rotatable bonds is 5. The molecule has 6 nitrogen and oxygen atoms in total. The van der Waals surface area contributed by atoms with Crippen LogP contribution in [0.2, 0.25) is 0 Å². The van der Waals surface area contributed by atoms with E-state index < -0.39 is 0 Å². The van der Waals surface area contributed by atoms with Crippen molar-refractivity contribution in [2.24, 2.45) is 5.92 Å². The highest BCUT2D eigenvalue weighted by molar-refractivity contribution is 9.10. The number of hydrogen-bond donors (Lipinski definition) is 1. The Morgan fingerprint density at radius 3 is 2.54 bits per heavy atom. The number of Topliss-reactive ketones (excluding diaryl/α,β-unsaturated/α-hetero) is 1. The Kier molecular flexibility index (Phi) is 5.54. The first-order chi connectivity index (χ1) is 13.6. The Balaban J connectivity index is 1.34. The molecule has 1 aliphatic rings. The molecule has 0 bridgehead atoms. The van der Waals surface area contributed by atoms with Gasteiger partial charge in [0.05, 0.1) is 12.1 Å². The Hall–Kier alpha value is -2.51. The van der Waals surface area contributed by atoms with E-state index in [-0.39, 0.29) is 17.5 Å². The van der Waals surface area contributed by atoms with Crippen LogP contribution in [-0.4, -0.2) is 39.1 Å². The van der Waals surface area contributed by atoms with E-state index in [1.807, 2.05) is 24.3 Å². The number of carbonyl (C=O) groups excluding carboxylic acids is 1. The minimum atomic E-state index is 0.0133. The fraction of sp³-hybridized carbons (Fsp3) is 0.286. The van der Waals surface area contributed by atoms with Crippen molar-refractivity contribution in [3.8, 4) is 17.2 Å². The SMILES string of the molecule is O=C(c1ccc(O)cc1)C1CCN(Cc2nnc(-c3ccccc3Br)o2)CC1. The molecule has 0 unspecified atom stereocenters. The van der Waals surface area contributed by atoms with Crippen molar-refractivity contribution in [1.29, 1.82) is 0 Å². The fourth-order valence-corrected chi connectivity index (χ4v) is 3.92. The van der Waals surface area contributed by atoms with Gasteiger partial charge in [-0.25, -0.2) is 0 Å². The fourth-order valence-electron chi connectivity index (χ4n) is 3.47. The molecule has 28 heavy (non-hydrogen) atoms. The van der Waals surface area contributed by atoms with Gasteiger partial charge in [-0.1, -0.05) is 12.1 Å². The van der Waals surface area contributed by atoms with Gasteiger partial charge in [0.15, 0.2) is 5.78 Å². The summed E-state index contributed by atoms with van der Waals surface area (Å²) in [5.41, 5.74) is 1.53. The molecular formula is C21H20BrN3O3. The zero-order valence-electron chi connectivity index (χ0n) is 15.2. The van der Waals surface area contributed by atoms with Crippen LogP contribution in [0.15, 0.2) is 57.4 Å². The number of hydrogen-bond acceptors (Lipinski definition) is 6. The second-order valence-electron chi connectivity index (χ2n) is 6.94. The summed E-state index contributed by atoms with van der Waals surface area (Å²) in [4.78, 5) is 14.9. The molecule has 0 spiro atoms. The van der Waals surface area contributed by atoms with Crippen LogP contribution in [0.1, 0.15) is 29.1 Å². The van der Waals surface area contributed by atoms with E-state index >= 15 is 0 Å². The monoisotopic (exact) mass is 441 g/mol. The smallest absolute Gasteiger partial charge is 0.248 e. The number of piperidine rings is 1. The van der Waals surface area contributed by atoms with Gasteiger partial charge in [0.1, 0.15) is 5.75 Å². The number of halogens is 1. The van der Waals surface area contributed by atoms with E-state index in [0.717, 1.165) is 36.0 Å². The highest BCUT2D eigenvalue weighted by Gasteiger charge is 2.26. The molecule has 7 heteroatoms. The van der Waals surface area contributed by atoms with Gasteiger partial charge in [0.25, 0.3) is 0 Å². The quantitative estimate of drug-likeness (QED) is 0.594. The van der Waals surface area contributed by atoms with Crippen molar-refractivity contribution in [2.75, 3.05) is 13.1 Å². The molecule has 1 N–H and O–H groups in total. The number of carbonyl (C=O) groups is 1. The lowest BCUT2D eigenvalue weighted by Crippen LogP contribution is -2.36. The van der Waals surface area contributed by atoms with Crippen LogP contribution in [-0.2, 0) is 6.54 Å². The average molecular weight is 442 g/mol. The van der Waals surface area contributed by atoms with Gasteiger partial charge in [0, 0.05) is 16.0 Å². The molecular weight excluding hydrogens is 422 g/mol. The predicted molar refractivity (Wildman–Crippen MR) is 108 cm³/mol. The van der Waals surface area contributed by atoms with Crippen molar-refractivity contribution in [3.63, 3.8) is 0 Å². The van der Waals surface area contributed by atoms with Crippen molar-refractivity contribution < 1.29 is 14.3 Å². The minimum Gasteiger partial charge on any atom is -0.508 e. The molecule has 2 aromatic carbocycles. The standard InChI is InChI=1S/C21H20BrN3O3/c22-18-4-2-1-3-17(18)21-24-23-19(28-21)13-25-11-9-15(10-12-25)20(27)14-5-7-16(26)8-6-14/h1-8,15,26H,9-13H2. The highest BCUT2D eigenvalue weighted by atomic mass is 79.9. The normalized spacial score (nSPS) is 15.6. The van der Waals surface area contributed by atoms with Gasteiger partial charge in [0.2, 0.25) is 11.8 Å². The molecule has 1 aliphatic heterocycles. The number of phenolic OH excluding ortho intramolecular Hbond substituents is 1. The van der Waals surface area contributed by atoms with Gasteiger partial charge in [-0.2, -0.15) is 0 Å². The summed E-state index contributed by atoms with van der Waals surface area (Å²) in [6.45, 7) is 2.19. The minimum absolute atomic E-state index is 0.0133. The summed E-state index contributed by atoms with van der Waals surface area (Å²) in [5.74, 6) is 1.41. The summed E-state index contributed by atoms with van der Waals surface area (Å²) in [7, 11) is 0. The van der Waals surface area contributed by atoms with E-state index in [1.165, 1.54) is 0 Å². The van der Waals surface area contributed by atoms with Crippen molar-refractivity contribution in [2.45, 2.75) is 19.4 Å². The first-order valence-corrected chi connectivity index (χ1v) is 10.0. The number of benzene rings is 2. The number of phenols is 1. The summed E-state index contributed by atoms with van der Waals surface area (Å²) >= 11 is 3.50. The zero-order chi connectivity index (χ0) is 19.5. The van der Waals surface area contributed by atoms with Crippen LogP contribution in [0.5, 0.6) is 5.75 Å². The van der Waals surface area contributed by atoms with Crippen LogP contribution >= 0.6 is 15.9 Å². The largest absolute Gasteiger partial charge is 0.508 e. The Morgan fingerprint density at radius 2 is 1.82 bits per heavy atom. The maximum atomic E-state index is 12.6. The Morgan fingerprint density at radius 1 is 1.11 bits per heavy atom. The molecule has 2 heterocycles. The zero-order valence-corrected chi connectivity index (χ0v) is 16.8. The number of aromatic hydroxyl groups is 1. The maximum Gasteiger partial charge on any atom is 0.248 e. The van der Waals surface area contributed by atoms with E-state index in [2.05, 4.69) is 31.0 Å². The number of ketones is 1. The molecule has 1 fully saturated rings. The predicted octanol–water partition coefficient (Wildman–Crippen LogP) is 4.30. The summed E-state index contributed by atoms with van der Waals surface area (Å²) < 4.78 is 6.74. The lowest BCUT2D eigenvalue weighted by atomic mass is 9.89. The molecule has 1 aromatic heterocycles. The molecule has 3 aromatic rings. The molecule has 0 radical (unpaired) electrons. The molecule has 144 valence electrons. The van der Waals surface area contributed by atoms with Crippen molar-refractivity contribution in [1.82, 2.24) is 15.1 Å². The maximum absolute atomic E-state index is 12.6. The average Bonchev–Trinajstić information content (AvgIpc) is 3.17. The van der Waals surface area contributed by atoms with E-state index in [1.54, 1.807) is 24.3 Å². The number of likely N-dealkylation sites (tertiary alicyclic amines) is 1. The van der Waals surface area contributed by atoms with Crippen LogP contribution in [0.3, 0.4) is 0 Å². The van der Waals surface area contributed by atoms with Crippen molar-refractivity contribution >= 4 is 21.7 Å². The van der Waals surface area contributed by atoms with Crippen LogP contribution in [0.4, 0.5) is 0 Å². The van der Waals surface area contributed by atoms with Crippen LogP contribution < -0.4 is 0 Å². The second kappa shape index (κ2) is 8.24. The van der Waals surface area contributed by atoms with Gasteiger partial charge in [-0.3, -0.25) is 9.69 Å². The first-order valence-electron chi connectivity index (χ1n) is 9.23. The molecule has 0 aliphatic carbocycles. The summed E-state index contributed by atoms with van der Waals surface area (Å²) in [5, 5.41) is 17.7. The summed E-state index contributed by atoms with van der Waals surface area (Å²) in [6.07, 6.45) is 1.59. The van der Waals surface area contributed by atoms with Gasteiger partial charge < -0.3 is 9.52 Å². The summed E-state index contributed by atoms with van der Waals surface area (Å²) in [6, 6.07) is 14.2. The highest BCUT2D eigenvalue weighted by Crippen LogP contribution is 2.28. The van der Waals surface area contributed by atoms with Gasteiger partial charge >= 0.3 is 0 Å². The second-order valence-corrected chi connectivity index (χ2v) is 7.80. The lowest BCUT2D eigenvalue weighted by molar-refractivity contribution is 0.0828. The first kappa shape index (κ1) is 18.8. The van der Waals surface area contributed by atoms with Gasteiger partial charge in [-0.15, -0.1) is 10.2 Å². The van der Waals surface area contributed by atoms with Crippen LogP contribution in [0, 0.1) is 5.92 Å².